The van der Waals surface area contributed by atoms with Crippen molar-refractivity contribution in [2.45, 2.75) is 39.2 Å². The van der Waals surface area contributed by atoms with E-state index in [4.69, 9.17) is 9.15 Å². The summed E-state index contributed by atoms with van der Waals surface area (Å²) in [6.45, 7) is 5.59. The van der Waals surface area contributed by atoms with Crippen LogP contribution in [-0.2, 0) is 14.3 Å². The average molecular weight is 386 g/mol. The second-order valence-electron chi connectivity index (χ2n) is 6.23. The summed E-state index contributed by atoms with van der Waals surface area (Å²) in [4.78, 5) is 34.1. The molecule has 2 aromatic rings. The van der Waals surface area contributed by atoms with Gasteiger partial charge in [-0.2, -0.15) is 0 Å². The molecule has 0 unspecified atom stereocenters. The lowest BCUT2D eigenvalue weighted by Gasteiger charge is -2.17. The molecule has 0 aliphatic rings. The van der Waals surface area contributed by atoms with Crippen molar-refractivity contribution in [1.29, 1.82) is 0 Å². The summed E-state index contributed by atoms with van der Waals surface area (Å²) >= 11 is 0. The zero-order chi connectivity index (χ0) is 20.7. The van der Waals surface area contributed by atoms with Gasteiger partial charge in [-0.25, -0.2) is 4.79 Å². The topological polar surface area (TPSA) is 112 Å². The summed E-state index contributed by atoms with van der Waals surface area (Å²) in [6, 6.07) is 10.0. The van der Waals surface area contributed by atoms with Gasteiger partial charge in [-0.3, -0.25) is 14.9 Å². The fourth-order valence-electron chi connectivity index (χ4n) is 2.44. The van der Waals surface area contributed by atoms with Gasteiger partial charge in [0.25, 0.3) is 5.91 Å². The average Bonchev–Trinajstić information content (AvgIpc) is 3.15. The molecule has 0 saturated heterocycles. The van der Waals surface area contributed by atoms with Crippen molar-refractivity contribution in [3.63, 3.8) is 0 Å². The molecule has 2 rings (SSSR count). The molecule has 0 bridgehead atoms. The minimum absolute atomic E-state index is 0.128. The van der Waals surface area contributed by atoms with Gasteiger partial charge in [0.1, 0.15) is 10.7 Å². The van der Waals surface area contributed by atoms with E-state index in [1.54, 1.807) is 6.07 Å². The van der Waals surface area contributed by atoms with E-state index in [1.165, 1.54) is 25.1 Å². The number of anilines is 1. The number of furan rings is 1. The summed E-state index contributed by atoms with van der Waals surface area (Å²) in [5.74, 6) is -1.25. The molecular formula is C20H22N2O6. The second kappa shape index (κ2) is 9.50. The standard InChI is InChI=1S/C20H22N2O6/c1-4-13(2)16-7-5-6-8-17(16)21-20(24)14(3)27-19(23)12-10-15-9-11-18(28-15)22(25)26/h5-14H,4H2,1-3H3,(H,21,24)/b12-10+/t13-,14+/m0/s1. The molecule has 0 fully saturated rings. The lowest BCUT2D eigenvalue weighted by molar-refractivity contribution is -0.402. The highest BCUT2D eigenvalue weighted by atomic mass is 16.6. The predicted octanol–water partition coefficient (Wildman–Crippen LogP) is 4.28. The van der Waals surface area contributed by atoms with Crippen LogP contribution in [-0.4, -0.2) is 22.9 Å². The van der Waals surface area contributed by atoms with E-state index in [-0.39, 0.29) is 11.7 Å². The van der Waals surface area contributed by atoms with Crippen LogP contribution >= 0.6 is 0 Å². The van der Waals surface area contributed by atoms with E-state index >= 15 is 0 Å². The molecule has 28 heavy (non-hydrogen) atoms. The highest BCUT2D eigenvalue weighted by Gasteiger charge is 2.19. The van der Waals surface area contributed by atoms with Gasteiger partial charge >= 0.3 is 11.9 Å². The Balaban J connectivity index is 1.95. The van der Waals surface area contributed by atoms with Gasteiger partial charge < -0.3 is 14.5 Å². The Kier molecular flexibility index (Phi) is 7.08. The molecule has 1 aromatic carbocycles. The summed E-state index contributed by atoms with van der Waals surface area (Å²) < 4.78 is 9.97. The molecule has 148 valence electrons. The minimum Gasteiger partial charge on any atom is -0.449 e. The fraction of sp³-hybridized carbons (Fsp3) is 0.300. The third-order valence-electron chi connectivity index (χ3n) is 4.20. The van der Waals surface area contributed by atoms with Crippen molar-refractivity contribution >= 4 is 29.5 Å². The van der Waals surface area contributed by atoms with E-state index < -0.39 is 28.8 Å². The predicted molar refractivity (Wildman–Crippen MR) is 104 cm³/mol. The van der Waals surface area contributed by atoms with Crippen LogP contribution in [0.3, 0.4) is 0 Å². The Hall–Kier alpha value is -3.42. The van der Waals surface area contributed by atoms with Crippen molar-refractivity contribution in [3.05, 3.63) is 63.9 Å². The van der Waals surface area contributed by atoms with Gasteiger partial charge in [-0.05, 0) is 43.0 Å². The van der Waals surface area contributed by atoms with Gasteiger partial charge in [-0.1, -0.05) is 32.0 Å². The smallest absolute Gasteiger partial charge is 0.433 e. The molecule has 1 heterocycles. The van der Waals surface area contributed by atoms with E-state index in [0.29, 0.717) is 5.69 Å². The van der Waals surface area contributed by atoms with Crippen molar-refractivity contribution in [3.8, 4) is 0 Å². The largest absolute Gasteiger partial charge is 0.449 e. The Labute approximate surface area is 162 Å². The number of hydrogen-bond donors (Lipinski definition) is 1. The van der Waals surface area contributed by atoms with Crippen molar-refractivity contribution in [2.75, 3.05) is 5.32 Å². The highest BCUT2D eigenvalue weighted by Crippen LogP contribution is 2.26. The maximum Gasteiger partial charge on any atom is 0.433 e. The summed E-state index contributed by atoms with van der Waals surface area (Å²) in [7, 11) is 0. The number of amides is 1. The van der Waals surface area contributed by atoms with E-state index in [0.717, 1.165) is 18.1 Å². The molecule has 2 atom stereocenters. The molecule has 0 aliphatic carbocycles. The number of nitro groups is 1. The Morgan fingerprint density at radius 2 is 1.96 bits per heavy atom. The van der Waals surface area contributed by atoms with Crippen LogP contribution in [0.5, 0.6) is 0 Å². The number of rotatable bonds is 8. The quantitative estimate of drug-likeness (QED) is 0.314. The number of nitrogens with one attached hydrogen (secondary N) is 1. The van der Waals surface area contributed by atoms with Gasteiger partial charge in [0, 0.05) is 11.8 Å². The maximum absolute atomic E-state index is 12.4. The Bertz CT molecular complexity index is 886. The second-order valence-corrected chi connectivity index (χ2v) is 6.23. The Morgan fingerprint density at radius 3 is 2.61 bits per heavy atom. The molecule has 0 saturated carbocycles. The molecule has 0 radical (unpaired) electrons. The first-order valence-corrected chi connectivity index (χ1v) is 8.84. The molecule has 1 aromatic heterocycles. The lowest BCUT2D eigenvalue weighted by atomic mass is 9.97. The molecule has 0 aliphatic heterocycles. The molecule has 0 spiro atoms. The fourth-order valence-corrected chi connectivity index (χ4v) is 2.44. The summed E-state index contributed by atoms with van der Waals surface area (Å²) in [6.07, 6.45) is 2.18. The minimum atomic E-state index is -1.02. The first-order chi connectivity index (χ1) is 13.3. The monoisotopic (exact) mass is 386 g/mol. The van der Waals surface area contributed by atoms with Gasteiger partial charge in [0.05, 0.1) is 6.07 Å². The number of carbonyl (C=O) groups is 2. The van der Waals surface area contributed by atoms with Gasteiger partial charge in [0.2, 0.25) is 0 Å². The van der Waals surface area contributed by atoms with Crippen molar-refractivity contribution < 1.29 is 23.7 Å². The third-order valence-corrected chi connectivity index (χ3v) is 4.20. The number of nitrogens with zero attached hydrogens (tertiary/aromatic N) is 1. The lowest BCUT2D eigenvalue weighted by Crippen LogP contribution is -2.29. The number of para-hydroxylation sites is 1. The third kappa shape index (κ3) is 5.54. The first kappa shape index (κ1) is 20.9. The molecule has 8 nitrogen and oxygen atoms in total. The molecule has 1 N–H and O–H groups in total. The number of ether oxygens (including phenoxy) is 1. The number of carbonyl (C=O) groups excluding carboxylic acids is 2. The van der Waals surface area contributed by atoms with E-state index in [2.05, 4.69) is 19.2 Å². The molecular weight excluding hydrogens is 364 g/mol. The van der Waals surface area contributed by atoms with Crippen molar-refractivity contribution in [2.24, 2.45) is 0 Å². The van der Waals surface area contributed by atoms with Crippen LogP contribution in [0.4, 0.5) is 11.6 Å². The molecule has 1 amide bonds. The van der Waals surface area contributed by atoms with Gasteiger partial charge in [0.15, 0.2) is 6.10 Å². The number of esters is 1. The van der Waals surface area contributed by atoms with Crippen LogP contribution in [0, 0.1) is 10.1 Å². The summed E-state index contributed by atoms with van der Waals surface area (Å²) in [5, 5.41) is 13.3. The van der Waals surface area contributed by atoms with Gasteiger partial charge in [-0.15, -0.1) is 0 Å². The SMILES string of the molecule is CC[C@H](C)c1ccccc1NC(=O)[C@@H](C)OC(=O)/C=C/c1ccc([N+](=O)[O-])o1. The zero-order valence-corrected chi connectivity index (χ0v) is 15.9. The van der Waals surface area contributed by atoms with E-state index in [1.807, 2.05) is 18.2 Å². The number of benzene rings is 1. The Morgan fingerprint density at radius 1 is 1.25 bits per heavy atom. The van der Waals surface area contributed by atoms with Crippen LogP contribution in [0.2, 0.25) is 0 Å². The summed E-state index contributed by atoms with van der Waals surface area (Å²) in [5.41, 5.74) is 1.69. The van der Waals surface area contributed by atoms with Crippen LogP contribution in [0.15, 0.2) is 46.9 Å². The highest BCUT2D eigenvalue weighted by molar-refractivity contribution is 5.97. The van der Waals surface area contributed by atoms with E-state index in [9.17, 15) is 19.7 Å². The van der Waals surface area contributed by atoms with Crippen molar-refractivity contribution in [1.82, 2.24) is 0 Å². The molecule has 8 heteroatoms. The van der Waals surface area contributed by atoms with Crippen LogP contribution < -0.4 is 5.32 Å². The van der Waals surface area contributed by atoms with Crippen LogP contribution in [0.1, 0.15) is 44.4 Å². The number of hydrogen-bond acceptors (Lipinski definition) is 6. The first-order valence-electron chi connectivity index (χ1n) is 8.84. The zero-order valence-electron chi connectivity index (χ0n) is 15.9. The normalized spacial score (nSPS) is 13.1. The maximum atomic E-state index is 12.4. The van der Waals surface area contributed by atoms with Crippen LogP contribution in [0.25, 0.3) is 6.08 Å².